The average molecular weight is 349 g/mol. The lowest BCUT2D eigenvalue weighted by Gasteiger charge is -2.41. The molecule has 0 radical (unpaired) electrons. The zero-order chi connectivity index (χ0) is 18.1. The minimum absolute atomic E-state index is 0.314. The van der Waals surface area contributed by atoms with Crippen LogP contribution in [0.5, 0.6) is 0 Å². The van der Waals surface area contributed by atoms with Crippen LogP contribution in [0.1, 0.15) is 27.2 Å². The van der Waals surface area contributed by atoms with Crippen molar-refractivity contribution >= 4 is 17.5 Å². The van der Waals surface area contributed by atoms with Crippen LogP contribution >= 0.6 is 0 Å². The first-order chi connectivity index (χ1) is 11.9. The van der Waals surface area contributed by atoms with E-state index < -0.39 is 0 Å². The van der Waals surface area contributed by atoms with Gasteiger partial charge < -0.3 is 19.4 Å². The van der Waals surface area contributed by atoms with Crippen molar-refractivity contribution in [1.82, 2.24) is 4.90 Å². The Morgan fingerprint density at radius 3 is 2.00 bits per heavy atom. The molecule has 1 aromatic carbocycles. The number of rotatable bonds is 3. The lowest BCUT2D eigenvalue weighted by atomic mass is 9.91. The zero-order valence-corrected chi connectivity index (χ0v) is 15.3. The first-order valence-electron chi connectivity index (χ1n) is 9.17. The molecule has 1 amide bonds. The Kier molecular flexibility index (Phi) is 5.01. The smallest absolute Gasteiger partial charge is 0.409 e. The molecule has 0 saturated carbocycles. The minimum Gasteiger partial charge on any atom is -0.450 e. The fraction of sp³-hybridized carbons (Fsp3) is 0.722. The van der Waals surface area contributed by atoms with Crippen molar-refractivity contribution in [3.63, 3.8) is 0 Å². The van der Waals surface area contributed by atoms with Gasteiger partial charge in [0.25, 0.3) is 10.9 Å². The van der Waals surface area contributed by atoms with Crippen molar-refractivity contribution in [1.29, 1.82) is 0 Å². The molecule has 0 spiro atoms. The molecule has 0 aliphatic carbocycles. The number of ether oxygens (including phenoxy) is 1. The van der Waals surface area contributed by atoms with Crippen molar-refractivity contribution < 1.29 is 9.53 Å². The van der Waals surface area contributed by atoms with Gasteiger partial charge in [-0.3, -0.25) is 9.59 Å². The molecule has 0 unspecified atom stereocenters. The number of piperidine rings is 1. The van der Waals surface area contributed by atoms with Crippen LogP contribution in [-0.2, 0) is 4.74 Å². The van der Waals surface area contributed by atoms with Crippen molar-refractivity contribution in [2.24, 2.45) is 11.8 Å². The molecule has 2 aliphatic heterocycles. The predicted octanol–water partition coefficient (Wildman–Crippen LogP) is 1.04. The number of piperazine rings is 1. The van der Waals surface area contributed by atoms with E-state index in [9.17, 15) is 14.4 Å². The van der Waals surface area contributed by atoms with Gasteiger partial charge in [0.2, 0.25) is 0 Å². The summed E-state index contributed by atoms with van der Waals surface area (Å²) in [6, 6.07) is 0. The summed E-state index contributed by atoms with van der Waals surface area (Å²) in [5.41, 5.74) is 0.400. The summed E-state index contributed by atoms with van der Waals surface area (Å²) in [4.78, 5) is 41.9. The summed E-state index contributed by atoms with van der Waals surface area (Å²) in [6.45, 7) is 10.3. The molecule has 2 saturated heterocycles. The van der Waals surface area contributed by atoms with E-state index >= 15 is 0 Å². The third-order valence-corrected chi connectivity index (χ3v) is 5.17. The largest absolute Gasteiger partial charge is 0.450 e. The van der Waals surface area contributed by atoms with Crippen LogP contribution in [0.2, 0.25) is 0 Å². The van der Waals surface area contributed by atoms with Gasteiger partial charge in [-0.25, -0.2) is 4.79 Å². The molecule has 0 N–H and O–H groups in total. The maximum atomic E-state index is 12.2. The summed E-state index contributed by atoms with van der Waals surface area (Å²) in [5.74, 6) is 1.03. The minimum atomic E-state index is -0.384. The van der Waals surface area contributed by atoms with Crippen molar-refractivity contribution in [3.05, 3.63) is 20.4 Å². The maximum Gasteiger partial charge on any atom is 0.409 e. The van der Waals surface area contributed by atoms with Crippen molar-refractivity contribution in [3.8, 4) is 0 Å². The number of hydrogen-bond acceptors (Lipinski definition) is 6. The van der Waals surface area contributed by atoms with Gasteiger partial charge in [0.05, 0.1) is 6.61 Å². The van der Waals surface area contributed by atoms with E-state index in [-0.39, 0.29) is 17.0 Å². The monoisotopic (exact) mass is 349 g/mol. The van der Waals surface area contributed by atoms with Gasteiger partial charge in [0.15, 0.2) is 0 Å². The van der Waals surface area contributed by atoms with E-state index in [4.69, 9.17) is 4.74 Å². The van der Waals surface area contributed by atoms with Crippen LogP contribution in [0.4, 0.5) is 16.2 Å². The maximum absolute atomic E-state index is 12.2. The molecule has 3 rings (SSSR count). The first kappa shape index (κ1) is 17.8. The second-order valence-electron chi connectivity index (χ2n) is 7.38. The highest BCUT2D eigenvalue weighted by Crippen LogP contribution is 2.31. The normalized spacial score (nSPS) is 24.7. The van der Waals surface area contributed by atoms with Gasteiger partial charge in [0, 0.05) is 39.3 Å². The number of carbonyl (C=O) groups excluding carboxylic acids is 1. The van der Waals surface area contributed by atoms with Gasteiger partial charge >= 0.3 is 6.09 Å². The molecule has 138 valence electrons. The van der Waals surface area contributed by atoms with Crippen LogP contribution in [0.15, 0.2) is 9.59 Å². The second-order valence-corrected chi connectivity index (χ2v) is 7.38. The van der Waals surface area contributed by atoms with E-state index in [1.165, 1.54) is 0 Å². The Labute approximate surface area is 147 Å². The molecule has 2 fully saturated rings. The fourth-order valence-corrected chi connectivity index (χ4v) is 4.13. The molecule has 25 heavy (non-hydrogen) atoms. The highest BCUT2D eigenvalue weighted by molar-refractivity contribution is 5.77. The molecule has 7 nitrogen and oxygen atoms in total. The summed E-state index contributed by atoms with van der Waals surface area (Å²) in [6.07, 6.45) is 0.838. The Bertz CT molecular complexity index is 692. The number of anilines is 2. The first-order valence-corrected chi connectivity index (χ1v) is 9.17. The van der Waals surface area contributed by atoms with Crippen LogP contribution in [0, 0.1) is 11.8 Å². The van der Waals surface area contributed by atoms with Gasteiger partial charge in [-0.1, -0.05) is 13.8 Å². The van der Waals surface area contributed by atoms with E-state index in [0.29, 0.717) is 56.0 Å². The van der Waals surface area contributed by atoms with Crippen LogP contribution in [0.3, 0.4) is 0 Å². The Morgan fingerprint density at radius 2 is 1.48 bits per heavy atom. The molecular weight excluding hydrogens is 322 g/mol. The Morgan fingerprint density at radius 1 is 0.960 bits per heavy atom. The van der Waals surface area contributed by atoms with Crippen molar-refractivity contribution in [2.45, 2.75) is 27.2 Å². The fourth-order valence-electron chi connectivity index (χ4n) is 4.13. The molecule has 0 bridgehead atoms. The van der Waals surface area contributed by atoms with E-state index in [1.807, 2.05) is 4.90 Å². The second kappa shape index (κ2) is 7.06. The average Bonchev–Trinajstić information content (AvgIpc) is 2.58. The SMILES string of the molecule is CCOC(=O)N1CCN(c2c(N3C[C@@H](C)C[C@H](C)C3)c(=O)c2=O)CC1. The highest BCUT2D eigenvalue weighted by Gasteiger charge is 2.35. The van der Waals surface area contributed by atoms with Crippen LogP contribution < -0.4 is 20.7 Å². The number of amides is 1. The number of nitrogens with zero attached hydrogens (tertiary/aromatic N) is 3. The van der Waals surface area contributed by atoms with E-state index in [2.05, 4.69) is 18.7 Å². The Hall–Kier alpha value is -2.05. The van der Waals surface area contributed by atoms with Crippen LogP contribution in [-0.4, -0.2) is 56.9 Å². The van der Waals surface area contributed by atoms with Gasteiger partial charge in [-0.05, 0) is 25.2 Å². The molecule has 2 aliphatic rings. The third-order valence-electron chi connectivity index (χ3n) is 5.17. The van der Waals surface area contributed by atoms with E-state index in [0.717, 1.165) is 19.5 Å². The molecule has 2 atom stereocenters. The molecule has 1 aromatic rings. The van der Waals surface area contributed by atoms with Gasteiger partial charge in [0.1, 0.15) is 11.4 Å². The molecule has 0 aromatic heterocycles. The third kappa shape index (κ3) is 3.37. The van der Waals surface area contributed by atoms with Gasteiger partial charge in [-0.15, -0.1) is 0 Å². The Balaban J connectivity index is 1.72. The molecule has 7 heteroatoms. The van der Waals surface area contributed by atoms with E-state index in [1.54, 1.807) is 11.8 Å². The standard InChI is InChI=1S/C18H27N3O4/c1-4-25-18(24)20-7-5-19(6-8-20)14-15(17(23)16(14)22)21-10-12(2)9-13(3)11-21/h12-13H,4-11H2,1-3H3/t12-,13-/m0/s1. The molecule has 2 heterocycles. The number of hydrogen-bond donors (Lipinski definition) is 0. The summed E-state index contributed by atoms with van der Waals surface area (Å²) in [5, 5.41) is 0. The summed E-state index contributed by atoms with van der Waals surface area (Å²) < 4.78 is 5.02. The quantitative estimate of drug-likeness (QED) is 0.760. The van der Waals surface area contributed by atoms with Crippen molar-refractivity contribution in [2.75, 3.05) is 55.7 Å². The highest BCUT2D eigenvalue weighted by atomic mass is 16.6. The zero-order valence-electron chi connectivity index (χ0n) is 15.3. The lowest BCUT2D eigenvalue weighted by Crippen LogP contribution is -2.55. The summed E-state index contributed by atoms with van der Waals surface area (Å²) >= 11 is 0. The lowest BCUT2D eigenvalue weighted by molar-refractivity contribution is 0.105. The predicted molar refractivity (Wildman–Crippen MR) is 97.3 cm³/mol. The number of carbonyl (C=O) groups is 1. The summed E-state index contributed by atoms with van der Waals surface area (Å²) in [7, 11) is 0. The molecular formula is C18H27N3O4. The van der Waals surface area contributed by atoms with Crippen LogP contribution in [0.25, 0.3) is 0 Å². The topological polar surface area (TPSA) is 70.2 Å². The van der Waals surface area contributed by atoms with Gasteiger partial charge in [-0.2, -0.15) is 0 Å².